The summed E-state index contributed by atoms with van der Waals surface area (Å²) in [6.07, 6.45) is 7.89. The van der Waals surface area contributed by atoms with Crippen LogP contribution >= 0.6 is 0 Å². The van der Waals surface area contributed by atoms with Crippen molar-refractivity contribution >= 4 is 0 Å². The van der Waals surface area contributed by atoms with Crippen LogP contribution in [-0.4, -0.2) is 44.3 Å². The SMILES string of the molecule is CCOC(OCC)N(CCCCCCOCCCCc1ccccc1)Cc1ccccc1. The lowest BCUT2D eigenvalue weighted by molar-refractivity contribution is -0.223. The van der Waals surface area contributed by atoms with Crippen LogP contribution in [0.1, 0.15) is 63.5 Å². The number of aryl methyl sites for hydroxylation is 1. The molecule has 0 saturated carbocycles. The second kappa shape index (κ2) is 17.8. The zero-order chi connectivity index (χ0) is 22.7. The van der Waals surface area contributed by atoms with Crippen LogP contribution in [0.3, 0.4) is 0 Å². The van der Waals surface area contributed by atoms with Gasteiger partial charge in [0.2, 0.25) is 6.41 Å². The number of rotatable bonds is 19. The van der Waals surface area contributed by atoms with E-state index in [-0.39, 0.29) is 6.41 Å². The maximum absolute atomic E-state index is 5.87. The molecule has 2 aromatic rings. The minimum absolute atomic E-state index is 0.274. The van der Waals surface area contributed by atoms with E-state index in [9.17, 15) is 0 Å². The Bertz CT molecular complexity index is 659. The number of hydrogen-bond acceptors (Lipinski definition) is 4. The topological polar surface area (TPSA) is 30.9 Å². The second-order valence-electron chi connectivity index (χ2n) is 8.14. The molecule has 4 heteroatoms. The predicted molar refractivity (Wildman–Crippen MR) is 133 cm³/mol. The summed E-state index contributed by atoms with van der Waals surface area (Å²) in [5.41, 5.74) is 2.71. The molecule has 4 nitrogen and oxygen atoms in total. The minimum Gasteiger partial charge on any atom is -0.381 e. The summed E-state index contributed by atoms with van der Waals surface area (Å²) in [6.45, 7) is 8.92. The summed E-state index contributed by atoms with van der Waals surface area (Å²) in [5, 5.41) is 0. The van der Waals surface area contributed by atoms with Gasteiger partial charge in [-0.05, 0) is 57.1 Å². The van der Waals surface area contributed by atoms with Gasteiger partial charge in [-0.3, -0.25) is 4.90 Å². The molecule has 178 valence electrons. The lowest BCUT2D eigenvalue weighted by Gasteiger charge is -2.31. The first-order chi connectivity index (χ1) is 15.8. The van der Waals surface area contributed by atoms with E-state index in [1.54, 1.807) is 0 Å². The Kier molecular flexibility index (Phi) is 14.8. The van der Waals surface area contributed by atoms with E-state index in [2.05, 4.69) is 65.6 Å². The zero-order valence-electron chi connectivity index (χ0n) is 20.2. The molecule has 2 aromatic carbocycles. The smallest absolute Gasteiger partial charge is 0.218 e. The average Bonchev–Trinajstić information content (AvgIpc) is 2.83. The van der Waals surface area contributed by atoms with Gasteiger partial charge in [0.15, 0.2) is 0 Å². The van der Waals surface area contributed by atoms with Crippen molar-refractivity contribution in [1.29, 1.82) is 0 Å². The molecule has 0 spiro atoms. The van der Waals surface area contributed by atoms with Gasteiger partial charge < -0.3 is 14.2 Å². The fourth-order valence-electron chi connectivity index (χ4n) is 3.77. The van der Waals surface area contributed by atoms with E-state index in [1.165, 1.54) is 30.4 Å². The molecule has 0 fully saturated rings. The number of ether oxygens (including phenoxy) is 3. The van der Waals surface area contributed by atoms with Crippen LogP contribution in [0.2, 0.25) is 0 Å². The highest BCUT2D eigenvalue weighted by atomic mass is 16.7. The zero-order valence-corrected chi connectivity index (χ0v) is 20.2. The summed E-state index contributed by atoms with van der Waals surface area (Å²) in [7, 11) is 0. The van der Waals surface area contributed by atoms with Gasteiger partial charge in [0.1, 0.15) is 0 Å². The lowest BCUT2D eigenvalue weighted by Crippen LogP contribution is -2.39. The summed E-state index contributed by atoms with van der Waals surface area (Å²) in [5.74, 6) is 0. The van der Waals surface area contributed by atoms with Crippen molar-refractivity contribution in [3.8, 4) is 0 Å². The Hall–Kier alpha value is -1.72. The van der Waals surface area contributed by atoms with Gasteiger partial charge in [0.05, 0.1) is 0 Å². The molecule has 0 saturated heterocycles. The van der Waals surface area contributed by atoms with Crippen LogP contribution in [0.25, 0.3) is 0 Å². The molecule has 0 aromatic heterocycles. The summed E-state index contributed by atoms with van der Waals surface area (Å²) >= 11 is 0. The van der Waals surface area contributed by atoms with Gasteiger partial charge >= 0.3 is 0 Å². The molecule has 0 radical (unpaired) electrons. The molecular weight excluding hydrogens is 398 g/mol. The van der Waals surface area contributed by atoms with Crippen molar-refractivity contribution in [3.05, 3.63) is 71.8 Å². The van der Waals surface area contributed by atoms with Crippen LogP contribution in [0.4, 0.5) is 0 Å². The molecule has 32 heavy (non-hydrogen) atoms. The molecule has 0 aliphatic carbocycles. The average molecular weight is 442 g/mol. The molecule has 0 heterocycles. The highest BCUT2D eigenvalue weighted by Gasteiger charge is 2.18. The highest BCUT2D eigenvalue weighted by Crippen LogP contribution is 2.13. The first kappa shape index (κ1) is 26.5. The number of benzene rings is 2. The summed E-state index contributed by atoms with van der Waals surface area (Å²) in [6, 6.07) is 21.3. The van der Waals surface area contributed by atoms with Gasteiger partial charge in [-0.15, -0.1) is 0 Å². The molecule has 0 unspecified atom stereocenters. The predicted octanol–water partition coefficient (Wildman–Crippen LogP) is 6.45. The molecule has 0 bridgehead atoms. The standard InChI is InChI=1S/C28H43NO3/c1-3-31-28(32-4-2)29(25-27-20-11-8-12-21-27)22-14-5-6-15-23-30-24-16-13-19-26-17-9-7-10-18-26/h7-12,17-18,20-21,28H,3-6,13-16,19,22-25H2,1-2H3. The Morgan fingerprint density at radius 1 is 0.656 bits per heavy atom. The van der Waals surface area contributed by atoms with Crippen LogP contribution in [0.15, 0.2) is 60.7 Å². The molecule has 0 atom stereocenters. The van der Waals surface area contributed by atoms with Gasteiger partial charge in [-0.1, -0.05) is 73.5 Å². The maximum atomic E-state index is 5.87. The van der Waals surface area contributed by atoms with Crippen molar-refractivity contribution in [2.24, 2.45) is 0 Å². The van der Waals surface area contributed by atoms with Crippen LogP contribution < -0.4 is 0 Å². The molecule has 0 amide bonds. The van der Waals surface area contributed by atoms with Gasteiger partial charge in [0, 0.05) is 39.5 Å². The van der Waals surface area contributed by atoms with Crippen molar-refractivity contribution in [2.45, 2.75) is 71.8 Å². The fourth-order valence-corrected chi connectivity index (χ4v) is 3.77. The van der Waals surface area contributed by atoms with E-state index >= 15 is 0 Å². The van der Waals surface area contributed by atoms with E-state index < -0.39 is 0 Å². The largest absolute Gasteiger partial charge is 0.381 e. The Balaban J connectivity index is 1.56. The van der Waals surface area contributed by atoms with Crippen molar-refractivity contribution < 1.29 is 14.2 Å². The van der Waals surface area contributed by atoms with Gasteiger partial charge in [-0.2, -0.15) is 0 Å². The molecule has 0 aliphatic heterocycles. The van der Waals surface area contributed by atoms with Crippen molar-refractivity contribution in [1.82, 2.24) is 4.90 Å². The van der Waals surface area contributed by atoms with Crippen LogP contribution in [0, 0.1) is 0 Å². The van der Waals surface area contributed by atoms with Gasteiger partial charge in [-0.25, -0.2) is 0 Å². The number of unbranched alkanes of at least 4 members (excludes halogenated alkanes) is 4. The first-order valence-electron chi connectivity index (χ1n) is 12.5. The lowest BCUT2D eigenvalue weighted by atomic mass is 10.1. The summed E-state index contributed by atoms with van der Waals surface area (Å²) in [4.78, 5) is 2.31. The number of nitrogens with zero attached hydrogens (tertiary/aromatic N) is 1. The quantitative estimate of drug-likeness (QED) is 0.185. The van der Waals surface area contributed by atoms with Crippen molar-refractivity contribution in [2.75, 3.05) is 33.0 Å². The molecular formula is C28H43NO3. The minimum atomic E-state index is -0.274. The second-order valence-corrected chi connectivity index (χ2v) is 8.14. The third kappa shape index (κ3) is 11.8. The van der Waals surface area contributed by atoms with Crippen LogP contribution in [0.5, 0.6) is 0 Å². The Labute approximate surface area is 195 Å². The monoisotopic (exact) mass is 441 g/mol. The fraction of sp³-hybridized carbons (Fsp3) is 0.571. The van der Waals surface area contributed by atoms with E-state index in [1.807, 2.05) is 13.8 Å². The molecule has 0 aliphatic rings. The van der Waals surface area contributed by atoms with E-state index in [0.29, 0.717) is 13.2 Å². The highest BCUT2D eigenvalue weighted by molar-refractivity contribution is 5.15. The molecule has 2 rings (SSSR count). The van der Waals surface area contributed by atoms with Gasteiger partial charge in [0.25, 0.3) is 0 Å². The Morgan fingerprint density at radius 2 is 1.22 bits per heavy atom. The van der Waals surface area contributed by atoms with Crippen molar-refractivity contribution in [3.63, 3.8) is 0 Å². The van der Waals surface area contributed by atoms with Crippen LogP contribution in [-0.2, 0) is 27.2 Å². The molecule has 0 N–H and O–H groups in total. The first-order valence-corrected chi connectivity index (χ1v) is 12.5. The maximum Gasteiger partial charge on any atom is 0.218 e. The Morgan fingerprint density at radius 3 is 1.84 bits per heavy atom. The third-order valence-electron chi connectivity index (χ3n) is 5.48. The number of hydrogen-bond donors (Lipinski definition) is 0. The normalized spacial score (nSPS) is 11.5. The van der Waals surface area contributed by atoms with E-state index in [0.717, 1.165) is 52.0 Å². The van der Waals surface area contributed by atoms with E-state index in [4.69, 9.17) is 14.2 Å². The third-order valence-corrected chi connectivity index (χ3v) is 5.48. The summed E-state index contributed by atoms with van der Waals surface area (Å²) < 4.78 is 17.6.